The zero-order chi connectivity index (χ0) is 22.4. The summed E-state index contributed by atoms with van der Waals surface area (Å²) in [6.07, 6.45) is 2.32. The summed E-state index contributed by atoms with van der Waals surface area (Å²) in [4.78, 5) is 27.9. The monoisotopic (exact) mass is 457 g/mol. The fraction of sp³-hybridized carbons (Fsp3) is 0.227. The maximum atomic E-state index is 12.6. The van der Waals surface area contributed by atoms with Crippen molar-refractivity contribution in [1.82, 2.24) is 9.29 Å². The van der Waals surface area contributed by atoms with E-state index in [9.17, 15) is 18.0 Å². The number of ketones is 1. The molecule has 0 aliphatic heterocycles. The van der Waals surface area contributed by atoms with Crippen LogP contribution in [0.2, 0.25) is 0 Å². The lowest BCUT2D eigenvalue weighted by molar-refractivity contribution is -0.116. The summed E-state index contributed by atoms with van der Waals surface area (Å²) in [5.74, 6) is -0.306. The van der Waals surface area contributed by atoms with Crippen LogP contribution in [0.25, 0.3) is 10.6 Å². The lowest BCUT2D eigenvalue weighted by Crippen LogP contribution is -2.28. The molecule has 3 rings (SSSR count). The van der Waals surface area contributed by atoms with Crippen molar-refractivity contribution in [1.29, 1.82) is 0 Å². The summed E-state index contributed by atoms with van der Waals surface area (Å²) in [6, 6.07) is 13.3. The zero-order valence-corrected chi connectivity index (χ0v) is 18.9. The predicted molar refractivity (Wildman–Crippen MR) is 122 cm³/mol. The molecular weight excluding hydrogens is 434 g/mol. The number of carbonyl (C=O) groups is 2. The van der Waals surface area contributed by atoms with Gasteiger partial charge in [0.2, 0.25) is 15.9 Å². The standard InChI is InChI=1S/C22H23N3O4S2/c1-16(26)17-7-11-20(12-8-17)31(28,29)25(2)14-3-4-21(27)24-19-9-5-18(6-10-19)22-23-13-15-30-22/h5-13,15H,3-4,14H2,1-2H3,(H,24,27). The van der Waals surface area contributed by atoms with Crippen molar-refractivity contribution in [3.8, 4) is 10.6 Å². The molecule has 9 heteroatoms. The van der Waals surface area contributed by atoms with Crippen molar-refractivity contribution in [3.63, 3.8) is 0 Å². The van der Waals surface area contributed by atoms with Crippen molar-refractivity contribution in [2.45, 2.75) is 24.7 Å². The molecule has 0 bridgehead atoms. The van der Waals surface area contributed by atoms with Gasteiger partial charge in [0, 0.05) is 48.4 Å². The lowest BCUT2D eigenvalue weighted by Gasteiger charge is -2.17. The van der Waals surface area contributed by atoms with Gasteiger partial charge in [0.1, 0.15) is 5.01 Å². The van der Waals surface area contributed by atoms with Crippen molar-refractivity contribution >= 4 is 38.7 Å². The Bertz CT molecular complexity index is 1140. The summed E-state index contributed by atoms with van der Waals surface area (Å²) < 4.78 is 26.5. The van der Waals surface area contributed by atoms with Gasteiger partial charge in [0.05, 0.1) is 4.90 Å². The van der Waals surface area contributed by atoms with E-state index in [-0.39, 0.29) is 29.6 Å². The second kappa shape index (κ2) is 9.95. The molecule has 1 amide bonds. The Morgan fingerprint density at radius 1 is 1.06 bits per heavy atom. The van der Waals surface area contributed by atoms with Crippen molar-refractivity contribution in [2.75, 3.05) is 18.9 Å². The Morgan fingerprint density at radius 3 is 2.32 bits per heavy atom. The molecule has 0 saturated heterocycles. The molecule has 162 valence electrons. The number of aromatic nitrogens is 1. The normalized spacial score (nSPS) is 11.5. The Labute approximate surface area is 185 Å². The van der Waals surface area contributed by atoms with E-state index < -0.39 is 10.0 Å². The van der Waals surface area contributed by atoms with E-state index in [1.54, 1.807) is 17.5 Å². The number of hydrogen-bond acceptors (Lipinski definition) is 6. The summed E-state index contributed by atoms with van der Waals surface area (Å²) in [6.45, 7) is 1.63. The average molecular weight is 458 g/mol. The minimum absolute atomic E-state index is 0.116. The molecule has 1 N–H and O–H groups in total. The summed E-state index contributed by atoms with van der Waals surface area (Å²) in [5, 5.41) is 5.64. The first kappa shape index (κ1) is 22.8. The highest BCUT2D eigenvalue weighted by Gasteiger charge is 2.20. The molecule has 1 aromatic heterocycles. The lowest BCUT2D eigenvalue weighted by atomic mass is 10.2. The smallest absolute Gasteiger partial charge is 0.242 e. The predicted octanol–water partition coefficient (Wildman–Crippen LogP) is 4.05. The number of nitrogens with zero attached hydrogens (tertiary/aromatic N) is 2. The Kier molecular flexibility index (Phi) is 7.32. The van der Waals surface area contributed by atoms with Gasteiger partial charge in [-0.3, -0.25) is 9.59 Å². The number of rotatable bonds is 9. The maximum Gasteiger partial charge on any atom is 0.242 e. The van der Waals surface area contributed by atoms with Gasteiger partial charge in [0.15, 0.2) is 5.78 Å². The second-order valence-corrected chi connectivity index (χ2v) is 9.91. The molecule has 0 aliphatic carbocycles. The van der Waals surface area contributed by atoms with E-state index in [0.717, 1.165) is 10.6 Å². The number of benzene rings is 2. The minimum Gasteiger partial charge on any atom is -0.326 e. The molecule has 0 fully saturated rings. The number of Topliss-reactive ketones (excluding diaryl/α,β-unsaturated/α-hetero) is 1. The van der Waals surface area contributed by atoms with Crippen molar-refractivity contribution in [2.24, 2.45) is 0 Å². The van der Waals surface area contributed by atoms with Crippen LogP contribution in [0.4, 0.5) is 5.69 Å². The zero-order valence-electron chi connectivity index (χ0n) is 17.2. The molecule has 7 nitrogen and oxygen atoms in total. The summed E-state index contributed by atoms with van der Waals surface area (Å²) in [5.41, 5.74) is 2.12. The number of hydrogen-bond donors (Lipinski definition) is 1. The fourth-order valence-electron chi connectivity index (χ4n) is 2.91. The molecule has 1 heterocycles. The summed E-state index contributed by atoms with van der Waals surface area (Å²) >= 11 is 1.54. The largest absolute Gasteiger partial charge is 0.326 e. The Morgan fingerprint density at radius 2 is 1.74 bits per heavy atom. The molecule has 31 heavy (non-hydrogen) atoms. The highest BCUT2D eigenvalue weighted by Crippen LogP contribution is 2.23. The highest BCUT2D eigenvalue weighted by atomic mass is 32.2. The average Bonchev–Trinajstić information content (AvgIpc) is 3.29. The molecule has 0 radical (unpaired) electrons. The molecule has 3 aromatic rings. The quantitative estimate of drug-likeness (QED) is 0.489. The minimum atomic E-state index is -3.68. The van der Waals surface area contributed by atoms with Crippen LogP contribution in [0.5, 0.6) is 0 Å². The van der Waals surface area contributed by atoms with Crippen LogP contribution in [0.3, 0.4) is 0 Å². The topological polar surface area (TPSA) is 96.4 Å². The molecule has 2 aromatic carbocycles. The third-order valence-corrected chi connectivity index (χ3v) is 7.39. The fourth-order valence-corrected chi connectivity index (χ4v) is 4.76. The molecule has 0 saturated carbocycles. The van der Waals surface area contributed by atoms with Gasteiger partial charge < -0.3 is 5.32 Å². The highest BCUT2D eigenvalue weighted by molar-refractivity contribution is 7.89. The number of amides is 1. The van der Waals surface area contributed by atoms with Gasteiger partial charge in [-0.1, -0.05) is 12.1 Å². The number of sulfonamides is 1. The van der Waals surface area contributed by atoms with E-state index in [4.69, 9.17) is 0 Å². The van der Waals surface area contributed by atoms with E-state index >= 15 is 0 Å². The van der Waals surface area contributed by atoms with Crippen LogP contribution in [0.1, 0.15) is 30.1 Å². The van der Waals surface area contributed by atoms with Crippen LogP contribution >= 0.6 is 11.3 Å². The van der Waals surface area contributed by atoms with E-state index in [1.165, 1.54) is 42.5 Å². The van der Waals surface area contributed by atoms with Gasteiger partial charge in [-0.15, -0.1) is 11.3 Å². The SMILES string of the molecule is CC(=O)c1ccc(S(=O)(=O)N(C)CCCC(=O)Nc2ccc(-c3nccs3)cc2)cc1. The van der Waals surface area contributed by atoms with Crippen LogP contribution in [0.15, 0.2) is 65.0 Å². The second-order valence-electron chi connectivity index (χ2n) is 6.97. The van der Waals surface area contributed by atoms with E-state index in [2.05, 4.69) is 10.3 Å². The van der Waals surface area contributed by atoms with Crippen LogP contribution in [0, 0.1) is 0 Å². The Hall–Kier alpha value is -2.88. The first-order valence-corrected chi connectivity index (χ1v) is 12.0. The maximum absolute atomic E-state index is 12.6. The van der Waals surface area contributed by atoms with Gasteiger partial charge in [0.25, 0.3) is 0 Å². The molecular formula is C22H23N3O4S2. The van der Waals surface area contributed by atoms with Crippen LogP contribution in [-0.4, -0.2) is 43.0 Å². The molecule has 0 spiro atoms. The van der Waals surface area contributed by atoms with E-state index in [0.29, 0.717) is 17.7 Å². The van der Waals surface area contributed by atoms with Gasteiger partial charge >= 0.3 is 0 Å². The third-order valence-electron chi connectivity index (χ3n) is 4.69. The van der Waals surface area contributed by atoms with Gasteiger partial charge in [-0.05, 0) is 49.7 Å². The third kappa shape index (κ3) is 5.84. The summed E-state index contributed by atoms with van der Waals surface area (Å²) in [7, 11) is -2.20. The Balaban J connectivity index is 1.49. The van der Waals surface area contributed by atoms with Crippen LogP contribution in [-0.2, 0) is 14.8 Å². The van der Waals surface area contributed by atoms with Crippen molar-refractivity contribution in [3.05, 3.63) is 65.7 Å². The van der Waals surface area contributed by atoms with Crippen LogP contribution < -0.4 is 5.32 Å². The molecule has 0 atom stereocenters. The number of carbonyl (C=O) groups excluding carboxylic acids is 2. The number of anilines is 1. The molecule has 0 aliphatic rings. The van der Waals surface area contributed by atoms with Crippen molar-refractivity contribution < 1.29 is 18.0 Å². The first-order valence-electron chi connectivity index (χ1n) is 9.64. The number of thiazole rings is 1. The van der Waals surface area contributed by atoms with Gasteiger partial charge in [-0.2, -0.15) is 0 Å². The van der Waals surface area contributed by atoms with E-state index in [1.807, 2.05) is 29.6 Å². The van der Waals surface area contributed by atoms with Gasteiger partial charge in [-0.25, -0.2) is 17.7 Å². The molecule has 0 unspecified atom stereocenters. The first-order chi connectivity index (χ1) is 14.8. The number of nitrogens with one attached hydrogen (secondary N) is 1.